The highest BCUT2D eigenvalue weighted by molar-refractivity contribution is 7.10. The number of allylic oxidation sites excluding steroid dienone is 1. The summed E-state index contributed by atoms with van der Waals surface area (Å²) < 4.78 is 5.48. The molecule has 1 aromatic carbocycles. The molecule has 2 aliphatic rings. The van der Waals surface area contributed by atoms with E-state index in [9.17, 15) is 4.79 Å². The van der Waals surface area contributed by atoms with Crippen LogP contribution in [0.2, 0.25) is 0 Å². The van der Waals surface area contributed by atoms with Crippen molar-refractivity contribution in [3.63, 3.8) is 0 Å². The predicted octanol–water partition coefficient (Wildman–Crippen LogP) is 5.07. The number of nitrogens with zero attached hydrogens (tertiary/aromatic N) is 4. The van der Waals surface area contributed by atoms with E-state index in [1.54, 1.807) is 16.2 Å². The summed E-state index contributed by atoms with van der Waals surface area (Å²) in [4.78, 5) is 29.4. The molecule has 3 heterocycles. The molecule has 2 aromatic rings. The Morgan fingerprint density at radius 1 is 1.27 bits per heavy atom. The van der Waals surface area contributed by atoms with Crippen LogP contribution in [0.3, 0.4) is 0 Å². The van der Waals surface area contributed by atoms with Crippen LogP contribution in [0.15, 0.2) is 51.8 Å². The van der Waals surface area contributed by atoms with Crippen molar-refractivity contribution in [3.05, 3.63) is 57.7 Å². The van der Waals surface area contributed by atoms with Crippen LogP contribution < -0.4 is 0 Å². The molecular formula is C24H28N4O4S. The highest BCUT2D eigenvalue weighted by atomic mass is 32.1. The fourth-order valence-corrected chi connectivity index (χ4v) is 4.53. The van der Waals surface area contributed by atoms with Gasteiger partial charge in [0.25, 0.3) is 0 Å². The summed E-state index contributed by atoms with van der Waals surface area (Å²) in [6, 6.07) is 9.80. The van der Waals surface area contributed by atoms with Gasteiger partial charge in [0.1, 0.15) is 17.9 Å². The van der Waals surface area contributed by atoms with Crippen LogP contribution in [0.1, 0.15) is 62.2 Å². The number of piperidine rings is 1. The Kier molecular flexibility index (Phi) is 7.11. The van der Waals surface area contributed by atoms with E-state index in [0.717, 1.165) is 34.8 Å². The minimum atomic E-state index is -0.478. The van der Waals surface area contributed by atoms with Gasteiger partial charge in [-0.2, -0.15) is 0 Å². The molecule has 4 rings (SSSR count). The van der Waals surface area contributed by atoms with E-state index < -0.39 is 5.60 Å². The van der Waals surface area contributed by atoms with Gasteiger partial charge in [-0.1, -0.05) is 35.5 Å². The summed E-state index contributed by atoms with van der Waals surface area (Å²) in [5, 5.41) is 11.0. The van der Waals surface area contributed by atoms with Crippen molar-refractivity contribution in [1.29, 1.82) is 0 Å². The molecular weight excluding hydrogens is 440 g/mol. The Morgan fingerprint density at radius 3 is 2.76 bits per heavy atom. The lowest BCUT2D eigenvalue weighted by Crippen LogP contribution is -2.41. The van der Waals surface area contributed by atoms with Crippen LogP contribution in [0.25, 0.3) is 0 Å². The largest absolute Gasteiger partial charge is 0.444 e. The minimum absolute atomic E-state index is 0.244. The number of rotatable bonds is 5. The van der Waals surface area contributed by atoms with Crippen molar-refractivity contribution in [2.75, 3.05) is 13.1 Å². The van der Waals surface area contributed by atoms with Gasteiger partial charge in [-0.3, -0.25) is 0 Å². The third kappa shape index (κ3) is 6.43. The number of aromatic nitrogens is 1. The summed E-state index contributed by atoms with van der Waals surface area (Å²) in [5.74, 6) is 3.59. The molecule has 1 aromatic heterocycles. The number of hydrogen-bond donors (Lipinski definition) is 0. The lowest BCUT2D eigenvalue weighted by atomic mass is 9.98. The molecule has 0 unspecified atom stereocenters. The third-order valence-corrected chi connectivity index (χ3v) is 6.22. The van der Waals surface area contributed by atoms with Gasteiger partial charge >= 0.3 is 6.09 Å². The topological polar surface area (TPSA) is 85.6 Å². The van der Waals surface area contributed by atoms with Crippen LogP contribution in [0.5, 0.6) is 0 Å². The van der Waals surface area contributed by atoms with Crippen molar-refractivity contribution in [2.24, 2.45) is 10.3 Å². The predicted molar refractivity (Wildman–Crippen MR) is 126 cm³/mol. The molecule has 0 spiro atoms. The van der Waals surface area contributed by atoms with Gasteiger partial charge in [0.15, 0.2) is 0 Å². The molecule has 0 saturated carbocycles. The molecule has 9 heteroatoms. The average molecular weight is 469 g/mol. The second-order valence-electron chi connectivity index (χ2n) is 9.00. The number of amides is 1. The quantitative estimate of drug-likeness (QED) is 0.452. The molecule has 2 aliphatic heterocycles. The van der Waals surface area contributed by atoms with Crippen molar-refractivity contribution in [2.45, 2.75) is 58.2 Å². The zero-order valence-electron chi connectivity index (χ0n) is 19.1. The van der Waals surface area contributed by atoms with Gasteiger partial charge in [-0.25, -0.2) is 9.78 Å². The standard InChI is InChI=1S/C24H28N4O4S/c1-24(2,3)31-23(29)28-11-9-18(10-12-28)22-26-21(16-33-22)20-13-19(32-27-20)14-25-30-15-17-7-5-4-6-8-17/h4-8,16,18H,9-13,15H2,1-3H3. The van der Waals surface area contributed by atoms with Crippen LogP contribution in [-0.2, 0) is 21.0 Å². The molecule has 1 amide bonds. The Hall–Kier alpha value is -3.16. The molecule has 33 heavy (non-hydrogen) atoms. The smallest absolute Gasteiger partial charge is 0.410 e. The Morgan fingerprint density at radius 2 is 2.03 bits per heavy atom. The average Bonchev–Trinajstić information content (AvgIpc) is 3.46. The number of oxime groups is 1. The molecule has 174 valence electrons. The molecule has 0 N–H and O–H groups in total. The maximum atomic E-state index is 12.3. The summed E-state index contributed by atoms with van der Waals surface area (Å²) in [7, 11) is 0. The summed E-state index contributed by atoms with van der Waals surface area (Å²) >= 11 is 1.62. The fraction of sp³-hybridized carbons (Fsp3) is 0.458. The first-order valence-electron chi connectivity index (χ1n) is 11.0. The van der Waals surface area contributed by atoms with Crippen molar-refractivity contribution in [3.8, 4) is 0 Å². The zero-order chi connectivity index (χ0) is 23.3. The van der Waals surface area contributed by atoms with E-state index in [1.807, 2.05) is 56.5 Å². The minimum Gasteiger partial charge on any atom is -0.444 e. The first kappa shape index (κ1) is 23.0. The molecule has 1 saturated heterocycles. The number of carbonyl (C=O) groups excluding carboxylic acids is 1. The summed E-state index contributed by atoms with van der Waals surface area (Å²) in [6.45, 7) is 7.37. The SMILES string of the molecule is CC(C)(C)OC(=O)N1CCC(c2nc(C3=NOC(=C=NOCc4ccccc4)C3)cs2)CC1. The van der Waals surface area contributed by atoms with Gasteiger partial charge in [-0.15, -0.1) is 11.3 Å². The van der Waals surface area contributed by atoms with E-state index in [2.05, 4.69) is 16.2 Å². The summed E-state index contributed by atoms with van der Waals surface area (Å²) in [6.07, 6.45) is 1.96. The van der Waals surface area contributed by atoms with E-state index in [-0.39, 0.29) is 6.09 Å². The maximum absolute atomic E-state index is 12.3. The second kappa shape index (κ2) is 10.2. The summed E-state index contributed by atoms with van der Waals surface area (Å²) in [5.41, 5.74) is 2.12. The molecule has 8 nitrogen and oxygen atoms in total. The lowest BCUT2D eigenvalue weighted by Gasteiger charge is -2.32. The van der Waals surface area contributed by atoms with Gasteiger partial charge in [0.05, 0.1) is 23.0 Å². The normalized spacial score (nSPS) is 16.6. The van der Waals surface area contributed by atoms with Crippen LogP contribution in [0, 0.1) is 0 Å². The molecule has 1 fully saturated rings. The van der Waals surface area contributed by atoms with Crippen molar-refractivity contribution in [1.82, 2.24) is 9.88 Å². The number of carbonyl (C=O) groups is 1. The first-order chi connectivity index (χ1) is 15.9. The molecule has 0 bridgehead atoms. The van der Waals surface area contributed by atoms with E-state index in [4.69, 9.17) is 19.4 Å². The monoisotopic (exact) mass is 468 g/mol. The lowest BCUT2D eigenvalue weighted by molar-refractivity contribution is 0.0205. The van der Waals surface area contributed by atoms with E-state index >= 15 is 0 Å². The van der Waals surface area contributed by atoms with Crippen LogP contribution in [0.4, 0.5) is 4.79 Å². The molecule has 0 atom stereocenters. The first-order valence-corrected chi connectivity index (χ1v) is 11.9. The Bertz CT molecular complexity index is 1060. The number of benzene rings is 1. The van der Waals surface area contributed by atoms with Gasteiger partial charge in [0.2, 0.25) is 5.76 Å². The second-order valence-corrected chi connectivity index (χ2v) is 9.89. The Labute approximate surface area is 197 Å². The number of hydrogen-bond acceptors (Lipinski definition) is 8. The highest BCUT2D eigenvalue weighted by Crippen LogP contribution is 2.32. The zero-order valence-corrected chi connectivity index (χ0v) is 19.9. The van der Waals surface area contributed by atoms with Crippen molar-refractivity contribution < 1.29 is 19.2 Å². The molecule has 0 aliphatic carbocycles. The molecule has 0 radical (unpaired) electrons. The number of thiazole rings is 1. The third-order valence-electron chi connectivity index (χ3n) is 5.22. The van der Waals surface area contributed by atoms with Gasteiger partial charge in [0, 0.05) is 24.4 Å². The highest BCUT2D eigenvalue weighted by Gasteiger charge is 2.29. The van der Waals surface area contributed by atoms with Crippen molar-refractivity contribution >= 4 is 29.0 Å². The number of ether oxygens (including phenoxy) is 1. The van der Waals surface area contributed by atoms with E-state index in [0.29, 0.717) is 37.8 Å². The Balaban J connectivity index is 1.27. The van der Waals surface area contributed by atoms with Crippen LogP contribution in [-0.4, -0.2) is 46.2 Å². The number of likely N-dealkylation sites (tertiary alicyclic amines) is 1. The van der Waals surface area contributed by atoms with Gasteiger partial charge in [-0.05, 0) is 44.3 Å². The fourth-order valence-electron chi connectivity index (χ4n) is 3.53. The maximum Gasteiger partial charge on any atom is 0.410 e. The van der Waals surface area contributed by atoms with E-state index in [1.165, 1.54) is 0 Å². The van der Waals surface area contributed by atoms with Gasteiger partial charge < -0.3 is 19.3 Å². The van der Waals surface area contributed by atoms with Crippen LogP contribution >= 0.6 is 11.3 Å².